The molecule has 0 N–H and O–H groups in total. The average molecular weight is 224 g/mol. The average Bonchev–Trinajstić information content (AvgIpc) is 3.14. The van der Waals surface area contributed by atoms with Gasteiger partial charge in [-0.15, -0.1) is 0 Å². The monoisotopic (exact) mass is 224 g/mol. The van der Waals surface area contributed by atoms with E-state index in [1.807, 2.05) is 12.1 Å². The third-order valence-corrected chi connectivity index (χ3v) is 4.37. The topological polar surface area (TPSA) is 34.1 Å². The molecule has 4 rings (SSSR count). The molecule has 0 aromatic heterocycles. The normalized spacial score (nSPS) is 33.4. The van der Waals surface area contributed by atoms with E-state index in [-0.39, 0.29) is 23.4 Å². The number of rotatable bonds is 0. The van der Waals surface area contributed by atoms with Gasteiger partial charge in [-0.25, -0.2) is 0 Å². The van der Waals surface area contributed by atoms with Crippen molar-refractivity contribution in [1.29, 1.82) is 0 Å². The number of carbonyl (C=O) groups is 2. The van der Waals surface area contributed by atoms with Gasteiger partial charge in [-0.1, -0.05) is 35.9 Å². The predicted molar refractivity (Wildman–Crippen MR) is 62.9 cm³/mol. The summed E-state index contributed by atoms with van der Waals surface area (Å²) >= 11 is 0. The van der Waals surface area contributed by atoms with E-state index in [4.69, 9.17) is 0 Å². The summed E-state index contributed by atoms with van der Waals surface area (Å²) in [5.74, 6) is 0.593. The van der Waals surface area contributed by atoms with E-state index in [2.05, 4.69) is 6.08 Å². The number of Topliss-reactive ketones (excluding diaryl/α,β-unsaturated/α-hetero) is 2. The number of hydrogen-bond acceptors (Lipinski definition) is 2. The summed E-state index contributed by atoms with van der Waals surface area (Å²) in [5, 5.41) is 0. The van der Waals surface area contributed by atoms with Crippen molar-refractivity contribution in [3.05, 3.63) is 47.0 Å². The van der Waals surface area contributed by atoms with Gasteiger partial charge in [0.05, 0.1) is 0 Å². The molecule has 0 spiro atoms. The molecule has 0 saturated heterocycles. The molecule has 17 heavy (non-hydrogen) atoms. The molecule has 0 heterocycles. The molecule has 0 amide bonds. The highest BCUT2D eigenvalue weighted by Crippen LogP contribution is 2.54. The van der Waals surface area contributed by atoms with Gasteiger partial charge < -0.3 is 0 Å². The Labute approximate surface area is 99.3 Å². The minimum Gasteiger partial charge on any atom is -0.294 e. The molecular weight excluding hydrogens is 212 g/mol. The number of benzene rings is 1. The first-order valence-corrected chi connectivity index (χ1v) is 6.14. The Hall–Kier alpha value is -1.70. The second-order valence-electron chi connectivity index (χ2n) is 5.23. The Morgan fingerprint density at radius 3 is 2.41 bits per heavy atom. The second-order valence-corrected chi connectivity index (χ2v) is 5.23. The summed E-state index contributed by atoms with van der Waals surface area (Å²) in [6.45, 7) is 0. The van der Waals surface area contributed by atoms with Crippen LogP contribution >= 0.6 is 0 Å². The smallest absolute Gasteiger partial charge is 0.168 e. The molecule has 3 aliphatic carbocycles. The van der Waals surface area contributed by atoms with E-state index in [0.717, 1.165) is 12.8 Å². The summed E-state index contributed by atoms with van der Waals surface area (Å²) < 4.78 is 0. The maximum absolute atomic E-state index is 12.5. The van der Waals surface area contributed by atoms with Crippen LogP contribution in [0.1, 0.15) is 33.6 Å². The molecule has 3 atom stereocenters. The Morgan fingerprint density at radius 2 is 1.65 bits per heavy atom. The highest BCUT2D eigenvalue weighted by molar-refractivity contribution is 6.16. The lowest BCUT2D eigenvalue weighted by molar-refractivity contribution is 0.0710. The molecule has 1 saturated carbocycles. The van der Waals surface area contributed by atoms with Gasteiger partial charge in [0, 0.05) is 23.0 Å². The molecule has 3 unspecified atom stereocenters. The van der Waals surface area contributed by atoms with Gasteiger partial charge in [-0.3, -0.25) is 9.59 Å². The first kappa shape index (κ1) is 9.34. The molecular formula is C15H12O2. The van der Waals surface area contributed by atoms with Crippen molar-refractivity contribution in [2.75, 3.05) is 0 Å². The zero-order valence-electron chi connectivity index (χ0n) is 9.35. The van der Waals surface area contributed by atoms with E-state index in [1.54, 1.807) is 12.1 Å². The molecule has 1 aromatic carbocycles. The van der Waals surface area contributed by atoms with Crippen LogP contribution in [0.3, 0.4) is 0 Å². The third kappa shape index (κ3) is 1.10. The van der Waals surface area contributed by atoms with Crippen LogP contribution < -0.4 is 0 Å². The molecule has 0 bridgehead atoms. The van der Waals surface area contributed by atoms with Crippen molar-refractivity contribution in [2.45, 2.75) is 12.8 Å². The highest BCUT2D eigenvalue weighted by Gasteiger charge is 2.52. The van der Waals surface area contributed by atoms with E-state index < -0.39 is 0 Å². The summed E-state index contributed by atoms with van der Waals surface area (Å²) in [6.07, 6.45) is 3.96. The molecule has 84 valence electrons. The van der Waals surface area contributed by atoms with Crippen molar-refractivity contribution in [3.63, 3.8) is 0 Å². The van der Waals surface area contributed by atoms with Crippen molar-refractivity contribution in [3.8, 4) is 0 Å². The standard InChI is InChI=1S/C15H12O2/c16-14-9-3-1-2-4-10(9)15(17)13-11(14)6-5-8-7-12(8)13/h1-5,11-13H,6-7H2. The molecule has 0 aliphatic heterocycles. The van der Waals surface area contributed by atoms with Gasteiger partial charge >= 0.3 is 0 Å². The highest BCUT2D eigenvalue weighted by atomic mass is 16.1. The largest absolute Gasteiger partial charge is 0.294 e. The summed E-state index contributed by atoms with van der Waals surface area (Å²) in [4.78, 5) is 24.8. The first-order valence-electron chi connectivity index (χ1n) is 6.14. The second kappa shape index (κ2) is 2.95. The van der Waals surface area contributed by atoms with Crippen LogP contribution in [-0.4, -0.2) is 11.6 Å². The van der Waals surface area contributed by atoms with E-state index in [0.29, 0.717) is 17.0 Å². The van der Waals surface area contributed by atoms with Gasteiger partial charge in [-0.2, -0.15) is 0 Å². The van der Waals surface area contributed by atoms with Crippen LogP contribution in [0.15, 0.2) is 35.9 Å². The lowest BCUT2D eigenvalue weighted by atomic mass is 9.69. The van der Waals surface area contributed by atoms with Gasteiger partial charge in [0.1, 0.15) is 0 Å². The lowest BCUT2D eigenvalue weighted by Gasteiger charge is -2.31. The number of carbonyl (C=O) groups excluding carboxylic acids is 2. The Balaban J connectivity index is 1.91. The molecule has 2 heteroatoms. The third-order valence-electron chi connectivity index (χ3n) is 4.37. The predicted octanol–water partition coefficient (Wildman–Crippen LogP) is 2.65. The van der Waals surface area contributed by atoms with Crippen LogP contribution in [0.25, 0.3) is 0 Å². The summed E-state index contributed by atoms with van der Waals surface area (Å²) in [6, 6.07) is 7.27. The number of allylic oxidation sites excluding steroid dienone is 2. The van der Waals surface area contributed by atoms with E-state index in [1.165, 1.54) is 5.57 Å². The van der Waals surface area contributed by atoms with Crippen LogP contribution in [0.2, 0.25) is 0 Å². The quantitative estimate of drug-likeness (QED) is 0.635. The maximum atomic E-state index is 12.5. The van der Waals surface area contributed by atoms with Crippen molar-refractivity contribution >= 4 is 11.6 Å². The molecule has 2 nitrogen and oxygen atoms in total. The van der Waals surface area contributed by atoms with Crippen molar-refractivity contribution < 1.29 is 9.59 Å². The number of fused-ring (bicyclic) bond motifs is 4. The van der Waals surface area contributed by atoms with E-state index >= 15 is 0 Å². The fraction of sp³-hybridized carbons (Fsp3) is 0.333. The van der Waals surface area contributed by atoms with Gasteiger partial charge in [0.25, 0.3) is 0 Å². The Bertz CT molecular complexity index is 582. The van der Waals surface area contributed by atoms with Gasteiger partial charge in [0.2, 0.25) is 0 Å². The zero-order valence-corrected chi connectivity index (χ0v) is 9.35. The van der Waals surface area contributed by atoms with Gasteiger partial charge in [0.15, 0.2) is 11.6 Å². The number of ketones is 2. The first-order chi connectivity index (χ1) is 8.27. The molecule has 1 fully saturated rings. The minimum absolute atomic E-state index is 0.0580. The fourth-order valence-corrected chi connectivity index (χ4v) is 3.42. The van der Waals surface area contributed by atoms with E-state index in [9.17, 15) is 9.59 Å². The molecule has 0 radical (unpaired) electrons. The van der Waals surface area contributed by atoms with Crippen LogP contribution in [-0.2, 0) is 0 Å². The van der Waals surface area contributed by atoms with Gasteiger partial charge in [-0.05, 0) is 18.8 Å². The lowest BCUT2D eigenvalue weighted by Crippen LogP contribution is -2.38. The molecule has 3 aliphatic rings. The van der Waals surface area contributed by atoms with Crippen molar-refractivity contribution in [2.24, 2.45) is 17.8 Å². The van der Waals surface area contributed by atoms with Crippen LogP contribution in [0, 0.1) is 17.8 Å². The number of hydrogen-bond donors (Lipinski definition) is 0. The summed E-state index contributed by atoms with van der Waals surface area (Å²) in [5.41, 5.74) is 2.68. The zero-order chi connectivity index (χ0) is 11.6. The fourth-order valence-electron chi connectivity index (χ4n) is 3.42. The SMILES string of the molecule is O=C1c2ccccc2C(=O)C2C1CC=C1CC12. The molecule has 1 aromatic rings. The van der Waals surface area contributed by atoms with Crippen LogP contribution in [0.5, 0.6) is 0 Å². The minimum atomic E-state index is -0.0892. The maximum Gasteiger partial charge on any atom is 0.168 e. The Morgan fingerprint density at radius 1 is 0.941 bits per heavy atom. The Kier molecular flexibility index (Phi) is 1.62. The summed E-state index contributed by atoms with van der Waals surface area (Å²) in [7, 11) is 0. The van der Waals surface area contributed by atoms with Crippen molar-refractivity contribution in [1.82, 2.24) is 0 Å². The van der Waals surface area contributed by atoms with Crippen LogP contribution in [0.4, 0.5) is 0 Å².